The van der Waals surface area contributed by atoms with Crippen molar-refractivity contribution in [2.45, 2.75) is 24.4 Å². The molecule has 0 saturated heterocycles. The standard InChI is InChI=1S/C10H22O6/c1-13-6-8(15-3)9(12)10(16-4)7(5-11)14-2/h7-12H,5-6H2,1-4H3/t7-,8+,9-,10+/m0/s1. The Balaban J connectivity index is 4.52. The molecule has 6 heteroatoms. The molecule has 0 heterocycles. The fourth-order valence-electron chi connectivity index (χ4n) is 1.51. The Morgan fingerprint density at radius 1 is 0.938 bits per heavy atom. The smallest absolute Gasteiger partial charge is 0.114 e. The molecule has 0 unspecified atom stereocenters. The summed E-state index contributed by atoms with van der Waals surface area (Å²) < 4.78 is 20.1. The Bertz CT molecular complexity index is 161. The van der Waals surface area contributed by atoms with E-state index in [1.165, 1.54) is 28.4 Å². The number of methoxy groups -OCH3 is 4. The molecular weight excluding hydrogens is 216 g/mol. The molecule has 0 aliphatic heterocycles. The van der Waals surface area contributed by atoms with Gasteiger partial charge in [0.05, 0.1) is 13.2 Å². The van der Waals surface area contributed by atoms with Gasteiger partial charge in [0.1, 0.15) is 24.4 Å². The monoisotopic (exact) mass is 238 g/mol. The molecule has 0 fully saturated rings. The van der Waals surface area contributed by atoms with Gasteiger partial charge in [0.15, 0.2) is 0 Å². The predicted molar refractivity (Wildman–Crippen MR) is 57.4 cm³/mol. The van der Waals surface area contributed by atoms with Crippen LogP contribution in [0.4, 0.5) is 0 Å². The van der Waals surface area contributed by atoms with Gasteiger partial charge < -0.3 is 29.2 Å². The Kier molecular flexibility index (Phi) is 8.73. The lowest BCUT2D eigenvalue weighted by atomic mass is 10.0. The Morgan fingerprint density at radius 3 is 1.81 bits per heavy atom. The summed E-state index contributed by atoms with van der Waals surface area (Å²) in [4.78, 5) is 0. The molecule has 98 valence electrons. The van der Waals surface area contributed by atoms with Crippen LogP contribution in [-0.4, -0.2) is 76.3 Å². The molecule has 2 N–H and O–H groups in total. The van der Waals surface area contributed by atoms with Crippen LogP contribution in [0.1, 0.15) is 0 Å². The molecule has 0 aromatic rings. The van der Waals surface area contributed by atoms with Gasteiger partial charge in [0.25, 0.3) is 0 Å². The minimum Gasteiger partial charge on any atom is -0.394 e. The molecule has 0 aliphatic carbocycles. The van der Waals surface area contributed by atoms with Crippen molar-refractivity contribution in [3.05, 3.63) is 0 Å². The molecule has 6 nitrogen and oxygen atoms in total. The van der Waals surface area contributed by atoms with Crippen molar-refractivity contribution in [1.29, 1.82) is 0 Å². The van der Waals surface area contributed by atoms with Crippen LogP contribution in [-0.2, 0) is 18.9 Å². The molecule has 0 aliphatic rings. The number of aliphatic hydroxyl groups excluding tert-OH is 2. The van der Waals surface area contributed by atoms with E-state index in [0.717, 1.165) is 0 Å². The highest BCUT2D eigenvalue weighted by atomic mass is 16.6. The largest absolute Gasteiger partial charge is 0.394 e. The van der Waals surface area contributed by atoms with Gasteiger partial charge in [-0.3, -0.25) is 0 Å². The van der Waals surface area contributed by atoms with E-state index in [4.69, 9.17) is 24.1 Å². The predicted octanol–water partition coefficient (Wildman–Crippen LogP) is -0.969. The highest BCUT2D eigenvalue weighted by molar-refractivity contribution is 4.83. The maximum absolute atomic E-state index is 10.0. The zero-order valence-electron chi connectivity index (χ0n) is 10.3. The topological polar surface area (TPSA) is 77.4 Å². The van der Waals surface area contributed by atoms with Gasteiger partial charge in [-0.15, -0.1) is 0 Å². The quantitative estimate of drug-likeness (QED) is 0.538. The summed E-state index contributed by atoms with van der Waals surface area (Å²) in [5.74, 6) is 0. The van der Waals surface area contributed by atoms with Crippen LogP contribution in [0.25, 0.3) is 0 Å². The molecule has 0 spiro atoms. The minimum atomic E-state index is -0.938. The van der Waals surface area contributed by atoms with Crippen molar-refractivity contribution < 1.29 is 29.2 Å². The van der Waals surface area contributed by atoms with Crippen molar-refractivity contribution in [2.24, 2.45) is 0 Å². The first-order chi connectivity index (χ1) is 7.65. The van der Waals surface area contributed by atoms with Gasteiger partial charge in [-0.25, -0.2) is 0 Å². The van der Waals surface area contributed by atoms with Gasteiger partial charge in [-0.05, 0) is 0 Å². The summed E-state index contributed by atoms with van der Waals surface area (Å²) in [6, 6.07) is 0. The SMILES string of the molecule is COC[C@@H](OC)[C@H](O)[C@H](OC)[C@H](CO)OC. The van der Waals surface area contributed by atoms with Crippen LogP contribution in [0.15, 0.2) is 0 Å². The van der Waals surface area contributed by atoms with Crippen molar-refractivity contribution in [3.8, 4) is 0 Å². The van der Waals surface area contributed by atoms with Gasteiger partial charge in [0.2, 0.25) is 0 Å². The first-order valence-corrected chi connectivity index (χ1v) is 5.02. The second kappa shape index (κ2) is 8.86. The molecule has 4 atom stereocenters. The lowest BCUT2D eigenvalue weighted by Gasteiger charge is -2.31. The van der Waals surface area contributed by atoms with E-state index in [0.29, 0.717) is 0 Å². The molecule has 0 bridgehead atoms. The van der Waals surface area contributed by atoms with E-state index >= 15 is 0 Å². The number of ether oxygens (including phenoxy) is 4. The summed E-state index contributed by atoms with van der Waals surface area (Å²) >= 11 is 0. The van der Waals surface area contributed by atoms with Crippen LogP contribution >= 0.6 is 0 Å². The van der Waals surface area contributed by atoms with Crippen LogP contribution in [0, 0.1) is 0 Å². The van der Waals surface area contributed by atoms with Crippen LogP contribution < -0.4 is 0 Å². The molecule has 0 radical (unpaired) electrons. The van der Waals surface area contributed by atoms with E-state index in [1.54, 1.807) is 0 Å². The maximum atomic E-state index is 10.0. The first-order valence-electron chi connectivity index (χ1n) is 5.02. The second-order valence-corrected chi connectivity index (χ2v) is 3.38. The van der Waals surface area contributed by atoms with Crippen molar-refractivity contribution in [3.63, 3.8) is 0 Å². The third kappa shape index (κ3) is 4.32. The van der Waals surface area contributed by atoms with Gasteiger partial charge in [0, 0.05) is 28.4 Å². The van der Waals surface area contributed by atoms with Crippen molar-refractivity contribution in [2.75, 3.05) is 41.7 Å². The molecule has 0 aromatic carbocycles. The lowest BCUT2D eigenvalue weighted by molar-refractivity contribution is -0.154. The van der Waals surface area contributed by atoms with Crippen molar-refractivity contribution in [1.82, 2.24) is 0 Å². The van der Waals surface area contributed by atoms with Crippen LogP contribution in [0.5, 0.6) is 0 Å². The molecule has 0 rings (SSSR count). The number of hydrogen-bond acceptors (Lipinski definition) is 6. The van der Waals surface area contributed by atoms with Crippen LogP contribution in [0.3, 0.4) is 0 Å². The summed E-state index contributed by atoms with van der Waals surface area (Å²) in [5.41, 5.74) is 0. The van der Waals surface area contributed by atoms with E-state index in [9.17, 15) is 5.11 Å². The van der Waals surface area contributed by atoms with E-state index in [-0.39, 0.29) is 13.2 Å². The molecule has 0 aromatic heterocycles. The van der Waals surface area contributed by atoms with E-state index in [2.05, 4.69) is 0 Å². The fourth-order valence-corrected chi connectivity index (χ4v) is 1.51. The molecule has 0 saturated carbocycles. The zero-order chi connectivity index (χ0) is 12.6. The van der Waals surface area contributed by atoms with Gasteiger partial charge in [-0.1, -0.05) is 0 Å². The summed E-state index contributed by atoms with van der Waals surface area (Å²) in [5, 5.41) is 19.1. The average Bonchev–Trinajstić information content (AvgIpc) is 2.31. The minimum absolute atomic E-state index is 0.236. The average molecular weight is 238 g/mol. The van der Waals surface area contributed by atoms with Gasteiger partial charge in [-0.2, -0.15) is 0 Å². The second-order valence-electron chi connectivity index (χ2n) is 3.38. The Labute approximate surface area is 96.1 Å². The van der Waals surface area contributed by atoms with E-state index < -0.39 is 24.4 Å². The summed E-state index contributed by atoms with van der Waals surface area (Å²) in [7, 11) is 5.87. The zero-order valence-corrected chi connectivity index (χ0v) is 10.3. The highest BCUT2D eigenvalue weighted by Crippen LogP contribution is 2.13. The normalized spacial score (nSPS) is 19.1. The summed E-state index contributed by atoms with van der Waals surface area (Å²) in [6.07, 6.45) is -2.74. The Morgan fingerprint density at radius 2 is 1.50 bits per heavy atom. The fraction of sp³-hybridized carbons (Fsp3) is 1.00. The number of aliphatic hydroxyl groups is 2. The van der Waals surface area contributed by atoms with Gasteiger partial charge >= 0.3 is 0 Å². The van der Waals surface area contributed by atoms with E-state index in [1.807, 2.05) is 0 Å². The maximum Gasteiger partial charge on any atom is 0.114 e. The number of rotatable bonds is 9. The first kappa shape index (κ1) is 15.8. The Hall–Kier alpha value is -0.240. The number of hydrogen-bond donors (Lipinski definition) is 2. The molecule has 0 amide bonds. The third-order valence-corrected chi connectivity index (χ3v) is 2.47. The molecule has 16 heavy (non-hydrogen) atoms. The van der Waals surface area contributed by atoms with Crippen LogP contribution in [0.2, 0.25) is 0 Å². The highest BCUT2D eigenvalue weighted by Gasteiger charge is 2.33. The summed E-state index contributed by atoms with van der Waals surface area (Å²) in [6.45, 7) is -0.00509. The van der Waals surface area contributed by atoms with Crippen molar-refractivity contribution >= 4 is 0 Å². The molecular formula is C10H22O6. The third-order valence-electron chi connectivity index (χ3n) is 2.47. The lowest BCUT2D eigenvalue weighted by Crippen LogP contribution is -2.49.